The number of nitrogens with one attached hydrogen (secondary N) is 2. The number of benzene rings is 1. The molecule has 0 fully saturated rings. The maximum atomic E-state index is 11.7. The first-order valence-electron chi connectivity index (χ1n) is 4.98. The Hall–Kier alpha value is -2.10. The number of pyridine rings is 1. The van der Waals surface area contributed by atoms with Gasteiger partial charge in [0.2, 0.25) is 5.91 Å². The monoisotopic (exact) mass is 216 g/mol. The fourth-order valence-corrected chi connectivity index (χ4v) is 1.67. The molecule has 16 heavy (non-hydrogen) atoms. The summed E-state index contributed by atoms with van der Waals surface area (Å²) in [5, 5.41) is 3.41. The number of hydrogen-bond acceptors (Lipinski definition) is 2. The van der Waals surface area contributed by atoms with Gasteiger partial charge in [0.05, 0.1) is 5.52 Å². The minimum absolute atomic E-state index is 0.252. The van der Waals surface area contributed by atoms with E-state index in [4.69, 9.17) is 0 Å². The van der Waals surface area contributed by atoms with Gasteiger partial charge in [-0.25, -0.2) is 0 Å². The predicted molar refractivity (Wildman–Crippen MR) is 63.6 cm³/mol. The fourth-order valence-electron chi connectivity index (χ4n) is 1.67. The normalized spacial score (nSPS) is 10.4. The molecule has 1 heterocycles. The highest BCUT2D eigenvalue weighted by atomic mass is 16.2. The lowest BCUT2D eigenvalue weighted by atomic mass is 10.1. The van der Waals surface area contributed by atoms with Crippen LogP contribution in [0.1, 0.15) is 12.5 Å². The quantitative estimate of drug-likeness (QED) is 0.763. The summed E-state index contributed by atoms with van der Waals surface area (Å²) in [6.45, 7) is 3.30. The molecule has 0 unspecified atom stereocenters. The van der Waals surface area contributed by atoms with E-state index in [0.29, 0.717) is 0 Å². The molecule has 4 heteroatoms. The summed E-state index contributed by atoms with van der Waals surface area (Å²) < 4.78 is 0. The van der Waals surface area contributed by atoms with Crippen molar-refractivity contribution in [2.45, 2.75) is 13.8 Å². The molecular formula is C12H12N2O2. The summed E-state index contributed by atoms with van der Waals surface area (Å²) in [6.07, 6.45) is 0. The molecule has 0 atom stereocenters. The zero-order valence-corrected chi connectivity index (χ0v) is 9.13. The number of carbonyl (C=O) groups excluding carboxylic acids is 1. The Morgan fingerprint density at radius 2 is 2.12 bits per heavy atom. The van der Waals surface area contributed by atoms with Crippen molar-refractivity contribution < 1.29 is 4.79 Å². The van der Waals surface area contributed by atoms with E-state index in [2.05, 4.69) is 10.3 Å². The molecule has 4 nitrogen and oxygen atoms in total. The predicted octanol–water partition coefficient (Wildman–Crippen LogP) is 1.79. The number of fused-ring (bicyclic) bond motifs is 1. The molecule has 2 rings (SSSR count). The minimum Gasteiger partial charge on any atom is -0.322 e. The second-order valence-corrected chi connectivity index (χ2v) is 3.73. The van der Waals surface area contributed by atoms with Crippen molar-refractivity contribution in [1.29, 1.82) is 0 Å². The van der Waals surface area contributed by atoms with Gasteiger partial charge >= 0.3 is 0 Å². The third-order valence-corrected chi connectivity index (χ3v) is 2.40. The van der Waals surface area contributed by atoms with E-state index in [1.165, 1.54) is 6.92 Å². The first kappa shape index (κ1) is 10.4. The number of H-pyrrole nitrogens is 1. The lowest BCUT2D eigenvalue weighted by Crippen LogP contribution is -2.17. The molecule has 0 aliphatic heterocycles. The molecule has 1 aromatic carbocycles. The van der Waals surface area contributed by atoms with Crippen molar-refractivity contribution >= 4 is 22.5 Å². The molecule has 1 amide bonds. The molecule has 0 aliphatic rings. The molecule has 0 radical (unpaired) electrons. The van der Waals surface area contributed by atoms with Crippen molar-refractivity contribution in [1.82, 2.24) is 4.98 Å². The van der Waals surface area contributed by atoms with Crippen LogP contribution in [0.5, 0.6) is 0 Å². The van der Waals surface area contributed by atoms with Crippen molar-refractivity contribution in [3.63, 3.8) is 0 Å². The number of carbonyl (C=O) groups is 1. The second kappa shape index (κ2) is 3.81. The Bertz CT molecular complexity index is 614. The summed E-state index contributed by atoms with van der Waals surface area (Å²) in [4.78, 5) is 25.3. The topological polar surface area (TPSA) is 62.0 Å². The summed E-state index contributed by atoms with van der Waals surface area (Å²) in [7, 11) is 0. The highest BCUT2D eigenvalue weighted by Crippen LogP contribution is 2.16. The second-order valence-electron chi connectivity index (χ2n) is 3.73. The maximum absolute atomic E-state index is 11.7. The Kier molecular flexibility index (Phi) is 2.48. The van der Waals surface area contributed by atoms with E-state index in [1.54, 1.807) is 6.07 Å². The van der Waals surface area contributed by atoms with Crippen LogP contribution in [0.4, 0.5) is 5.69 Å². The summed E-state index contributed by atoms with van der Waals surface area (Å²) in [5.41, 5.74) is 1.81. The fraction of sp³-hybridized carbons (Fsp3) is 0.167. The zero-order chi connectivity index (χ0) is 11.7. The molecule has 0 saturated heterocycles. The van der Waals surface area contributed by atoms with Crippen LogP contribution in [0.3, 0.4) is 0 Å². The Morgan fingerprint density at radius 1 is 1.38 bits per heavy atom. The van der Waals surface area contributed by atoms with E-state index in [1.807, 2.05) is 25.1 Å². The van der Waals surface area contributed by atoms with Gasteiger partial charge in [-0.3, -0.25) is 9.59 Å². The van der Waals surface area contributed by atoms with Crippen LogP contribution in [-0.4, -0.2) is 10.9 Å². The van der Waals surface area contributed by atoms with E-state index < -0.39 is 0 Å². The van der Waals surface area contributed by atoms with Gasteiger partial charge in [0.1, 0.15) is 5.69 Å². The maximum Gasteiger partial charge on any atom is 0.272 e. The average molecular weight is 216 g/mol. The number of rotatable bonds is 1. The third-order valence-electron chi connectivity index (χ3n) is 2.40. The molecule has 2 N–H and O–H groups in total. The van der Waals surface area contributed by atoms with Crippen molar-refractivity contribution in [2.75, 3.05) is 5.32 Å². The summed E-state index contributed by atoms with van der Waals surface area (Å²) in [5.74, 6) is -0.252. The lowest BCUT2D eigenvalue weighted by Gasteiger charge is -2.05. The SMILES string of the molecule is CC(=O)Nc1cc2cccc(C)c2[nH]c1=O. The van der Waals surface area contributed by atoms with Crippen LogP contribution in [0.15, 0.2) is 29.1 Å². The van der Waals surface area contributed by atoms with E-state index >= 15 is 0 Å². The Morgan fingerprint density at radius 3 is 2.81 bits per heavy atom. The van der Waals surface area contributed by atoms with Gasteiger partial charge in [-0.1, -0.05) is 18.2 Å². The van der Waals surface area contributed by atoms with Crippen LogP contribution in [0.25, 0.3) is 10.9 Å². The molecule has 0 aliphatic carbocycles. The van der Waals surface area contributed by atoms with Gasteiger partial charge < -0.3 is 10.3 Å². The number of aromatic nitrogens is 1. The van der Waals surface area contributed by atoms with E-state index in [0.717, 1.165) is 16.5 Å². The molecule has 0 spiro atoms. The van der Waals surface area contributed by atoms with Crippen LogP contribution < -0.4 is 10.9 Å². The van der Waals surface area contributed by atoms with Crippen LogP contribution >= 0.6 is 0 Å². The molecule has 0 bridgehead atoms. The molecular weight excluding hydrogens is 204 g/mol. The number of aromatic amines is 1. The van der Waals surface area contributed by atoms with Gasteiger partial charge in [-0.15, -0.1) is 0 Å². The Labute approximate surface area is 92.3 Å². The van der Waals surface area contributed by atoms with Crippen molar-refractivity contribution in [3.05, 3.63) is 40.2 Å². The first-order valence-corrected chi connectivity index (χ1v) is 4.98. The smallest absolute Gasteiger partial charge is 0.272 e. The number of aryl methyl sites for hydroxylation is 1. The van der Waals surface area contributed by atoms with Crippen molar-refractivity contribution in [2.24, 2.45) is 0 Å². The standard InChI is InChI=1S/C12H12N2O2/c1-7-4-3-5-9-6-10(13-8(2)15)12(16)14-11(7)9/h3-6H,1-2H3,(H,13,15)(H,14,16). The number of para-hydroxylation sites is 1. The minimum atomic E-state index is -0.281. The first-order chi connectivity index (χ1) is 7.58. The highest BCUT2D eigenvalue weighted by Gasteiger charge is 2.05. The van der Waals surface area contributed by atoms with E-state index in [9.17, 15) is 9.59 Å². The largest absolute Gasteiger partial charge is 0.322 e. The van der Waals surface area contributed by atoms with Crippen LogP contribution in [0.2, 0.25) is 0 Å². The number of amides is 1. The highest BCUT2D eigenvalue weighted by molar-refractivity contribution is 5.92. The molecule has 0 saturated carbocycles. The molecule has 82 valence electrons. The van der Waals surface area contributed by atoms with Crippen LogP contribution in [-0.2, 0) is 4.79 Å². The third kappa shape index (κ3) is 1.82. The number of anilines is 1. The molecule has 2 aromatic rings. The summed E-state index contributed by atoms with van der Waals surface area (Å²) >= 11 is 0. The van der Waals surface area contributed by atoms with Gasteiger partial charge in [-0.2, -0.15) is 0 Å². The number of hydrogen-bond donors (Lipinski definition) is 2. The van der Waals surface area contributed by atoms with Gasteiger partial charge in [0, 0.05) is 12.3 Å². The lowest BCUT2D eigenvalue weighted by molar-refractivity contribution is -0.114. The van der Waals surface area contributed by atoms with Crippen molar-refractivity contribution in [3.8, 4) is 0 Å². The van der Waals surface area contributed by atoms with Gasteiger partial charge in [-0.05, 0) is 18.6 Å². The average Bonchev–Trinajstić information content (AvgIpc) is 2.20. The molecule has 1 aromatic heterocycles. The van der Waals surface area contributed by atoms with Crippen LogP contribution in [0, 0.1) is 6.92 Å². The van der Waals surface area contributed by atoms with Gasteiger partial charge in [0.15, 0.2) is 0 Å². The Balaban J connectivity index is 2.68. The van der Waals surface area contributed by atoms with Gasteiger partial charge in [0.25, 0.3) is 5.56 Å². The summed E-state index contributed by atoms with van der Waals surface area (Å²) in [6, 6.07) is 7.41. The zero-order valence-electron chi connectivity index (χ0n) is 9.13. The van der Waals surface area contributed by atoms with E-state index in [-0.39, 0.29) is 17.2 Å².